The number of hydrogen-bond donors (Lipinski definition) is 4. The Morgan fingerprint density at radius 2 is 1.69 bits per heavy atom. The summed E-state index contributed by atoms with van der Waals surface area (Å²) < 4.78 is 38.4. The van der Waals surface area contributed by atoms with Crippen molar-refractivity contribution < 1.29 is 47.1 Å². The Morgan fingerprint density at radius 3 is 2.21 bits per heavy atom. The van der Waals surface area contributed by atoms with Crippen molar-refractivity contribution >= 4 is 35.3 Å². The molecule has 0 saturated heterocycles. The molecule has 256 valence electrons. The van der Waals surface area contributed by atoms with E-state index >= 15 is 0 Å². The number of aromatic nitrogens is 2. The van der Waals surface area contributed by atoms with Crippen molar-refractivity contribution in [2.24, 2.45) is 5.73 Å². The summed E-state index contributed by atoms with van der Waals surface area (Å²) in [5.41, 5.74) is 8.38. The van der Waals surface area contributed by atoms with E-state index in [1.165, 1.54) is 28.9 Å². The zero-order valence-electron chi connectivity index (χ0n) is 25.7. The fraction of sp³-hybridized carbons (Fsp3) is 0.333. The number of nitrogens with zero attached hydrogens (tertiary/aromatic N) is 4. The Kier molecular flexibility index (Phi) is 12.0. The van der Waals surface area contributed by atoms with Crippen LogP contribution in [0.4, 0.5) is 18.9 Å². The summed E-state index contributed by atoms with van der Waals surface area (Å²) in [6, 6.07) is 11.0. The van der Waals surface area contributed by atoms with Crippen molar-refractivity contribution in [2.45, 2.75) is 58.1 Å². The van der Waals surface area contributed by atoms with Crippen LogP contribution in [0.1, 0.15) is 46.6 Å². The van der Waals surface area contributed by atoms with Gasteiger partial charge in [0.1, 0.15) is 18.4 Å². The number of nitrogens with one attached hydrogen (secondary N) is 2. The summed E-state index contributed by atoms with van der Waals surface area (Å²) in [7, 11) is 0. The third-order valence-electron chi connectivity index (χ3n) is 6.77. The molecule has 4 rings (SSSR count). The van der Waals surface area contributed by atoms with Crippen LogP contribution in [0, 0.1) is 15.5 Å². The first kappa shape index (κ1) is 36.7. The number of carboxylic acid groups (broad SMARTS) is 1. The van der Waals surface area contributed by atoms with Gasteiger partial charge < -0.3 is 25.8 Å². The monoisotopic (exact) mass is 675 g/mol. The molecule has 5 N–H and O–H groups in total. The van der Waals surface area contributed by atoms with Crippen LogP contribution in [0.3, 0.4) is 0 Å². The second-order valence-electron chi connectivity index (χ2n) is 10.8. The molecule has 15 nitrogen and oxygen atoms in total. The number of aliphatic carboxylic acids is 1. The van der Waals surface area contributed by atoms with Crippen LogP contribution >= 0.6 is 0 Å². The number of alkyl halides is 3. The van der Waals surface area contributed by atoms with E-state index in [2.05, 4.69) is 10.4 Å². The molecule has 18 heteroatoms. The van der Waals surface area contributed by atoms with Gasteiger partial charge in [-0.1, -0.05) is 24.3 Å². The predicted molar refractivity (Wildman–Crippen MR) is 162 cm³/mol. The number of hydrogen-bond acceptors (Lipinski definition) is 9. The highest BCUT2D eigenvalue weighted by atomic mass is 19.4. The maximum absolute atomic E-state index is 13.8. The summed E-state index contributed by atoms with van der Waals surface area (Å²) in [6.07, 6.45) is -3.03. The van der Waals surface area contributed by atoms with E-state index in [4.69, 9.17) is 25.8 Å². The molecule has 0 radical (unpaired) electrons. The lowest BCUT2D eigenvalue weighted by molar-refractivity contribution is -0.384. The smallest absolute Gasteiger partial charge is 0.475 e. The first-order valence-corrected chi connectivity index (χ1v) is 14.3. The number of amidine groups is 1. The highest BCUT2D eigenvalue weighted by molar-refractivity contribution is 5.99. The number of carbonyl (C=O) groups excluding carboxylic acids is 3. The number of non-ortho nitro benzene ring substituents is 1. The van der Waals surface area contributed by atoms with Gasteiger partial charge >= 0.3 is 18.1 Å². The van der Waals surface area contributed by atoms with Crippen molar-refractivity contribution in [1.29, 1.82) is 5.41 Å². The zero-order chi connectivity index (χ0) is 35.8. The summed E-state index contributed by atoms with van der Waals surface area (Å²) in [6.45, 7) is 4.10. The van der Waals surface area contributed by atoms with Gasteiger partial charge in [-0.2, -0.15) is 18.3 Å². The van der Waals surface area contributed by atoms with E-state index in [-0.39, 0.29) is 48.6 Å². The fourth-order valence-corrected chi connectivity index (χ4v) is 4.52. The molecular weight excluding hydrogens is 643 g/mol. The average molecular weight is 676 g/mol. The minimum absolute atomic E-state index is 0.0413. The molecule has 2 amide bonds. The predicted octanol–water partition coefficient (Wildman–Crippen LogP) is 2.59. The van der Waals surface area contributed by atoms with Crippen LogP contribution in [0.5, 0.6) is 0 Å². The largest absolute Gasteiger partial charge is 0.490 e. The van der Waals surface area contributed by atoms with Crippen LogP contribution < -0.4 is 11.1 Å². The lowest BCUT2D eigenvalue weighted by Gasteiger charge is -2.30. The van der Waals surface area contributed by atoms with E-state index in [0.29, 0.717) is 24.1 Å². The van der Waals surface area contributed by atoms with Crippen LogP contribution in [0.2, 0.25) is 0 Å². The topological polar surface area (TPSA) is 224 Å². The number of nitro groups is 1. The highest BCUT2D eigenvalue weighted by Crippen LogP contribution is 2.21. The first-order valence-electron chi connectivity index (χ1n) is 14.3. The molecule has 1 atom stereocenters. The Bertz CT molecular complexity index is 1670. The number of ether oxygens (including phenoxy) is 1. The average Bonchev–Trinajstić information content (AvgIpc) is 3.41. The lowest BCUT2D eigenvalue weighted by atomic mass is 10.0. The molecule has 2 heterocycles. The molecule has 0 unspecified atom stereocenters. The molecular formula is C30H32F3N7O8. The summed E-state index contributed by atoms with van der Waals surface area (Å²) in [5, 5.41) is 33.0. The van der Waals surface area contributed by atoms with Crippen molar-refractivity contribution in [3.05, 3.63) is 92.8 Å². The van der Waals surface area contributed by atoms with Gasteiger partial charge in [0.15, 0.2) is 0 Å². The third-order valence-corrected chi connectivity index (χ3v) is 6.77. The van der Waals surface area contributed by atoms with Gasteiger partial charge in [0.2, 0.25) is 5.91 Å². The Morgan fingerprint density at radius 1 is 1.10 bits per heavy atom. The molecule has 1 aromatic heterocycles. The second kappa shape index (κ2) is 15.7. The number of carbonyl (C=O) groups is 4. The molecule has 0 fully saturated rings. The molecule has 2 aromatic carbocycles. The van der Waals surface area contributed by atoms with Crippen molar-refractivity contribution in [2.75, 3.05) is 6.54 Å². The second-order valence-corrected chi connectivity index (χ2v) is 10.8. The summed E-state index contributed by atoms with van der Waals surface area (Å²) >= 11 is 0. The quantitative estimate of drug-likeness (QED) is 0.0808. The SMILES string of the molecule is CC(C)OC(=O)Cn1cc2c(n1)CCN(C(=O)[C@H](Cc1ccc([N+](=O)[O-])cc1)NC(=O)c1ccc(C(=N)N)cc1)C2.O=C(O)C(F)(F)F. The minimum atomic E-state index is -5.08. The Hall–Kier alpha value is -5.81. The maximum atomic E-state index is 13.8. The van der Waals surface area contributed by atoms with Crippen molar-refractivity contribution in [3.63, 3.8) is 0 Å². The molecule has 0 bridgehead atoms. The Labute approximate surface area is 271 Å². The zero-order valence-corrected chi connectivity index (χ0v) is 25.7. The Balaban J connectivity index is 0.000000804. The third kappa shape index (κ3) is 10.4. The number of rotatable bonds is 10. The fourth-order valence-electron chi connectivity index (χ4n) is 4.52. The lowest BCUT2D eigenvalue weighted by Crippen LogP contribution is -2.50. The van der Waals surface area contributed by atoms with Crippen molar-refractivity contribution in [3.8, 4) is 0 Å². The summed E-state index contributed by atoms with van der Waals surface area (Å²) in [5.74, 6) is -4.11. The molecule has 0 saturated carbocycles. The van der Waals surface area contributed by atoms with Gasteiger partial charge in [0.05, 0.1) is 16.7 Å². The van der Waals surface area contributed by atoms with Crippen LogP contribution in [-0.2, 0) is 45.1 Å². The van der Waals surface area contributed by atoms with E-state index in [0.717, 1.165) is 11.3 Å². The van der Waals surface area contributed by atoms with Gasteiger partial charge in [-0.25, -0.2) is 4.79 Å². The van der Waals surface area contributed by atoms with Crippen LogP contribution in [0.25, 0.3) is 0 Å². The van der Waals surface area contributed by atoms with Gasteiger partial charge in [0.25, 0.3) is 11.6 Å². The highest BCUT2D eigenvalue weighted by Gasteiger charge is 2.38. The van der Waals surface area contributed by atoms with Crippen LogP contribution in [0.15, 0.2) is 54.7 Å². The van der Waals surface area contributed by atoms with Gasteiger partial charge in [-0.05, 0) is 31.5 Å². The van der Waals surface area contributed by atoms with E-state index < -0.39 is 35.0 Å². The molecule has 0 spiro atoms. The molecule has 3 aromatic rings. The number of amides is 2. The number of carboxylic acids is 1. The van der Waals surface area contributed by atoms with Crippen LogP contribution in [-0.4, -0.2) is 79.2 Å². The maximum Gasteiger partial charge on any atom is 0.490 e. The van der Waals surface area contributed by atoms with Crippen molar-refractivity contribution in [1.82, 2.24) is 20.0 Å². The number of nitro benzene ring substituents is 1. The standard InChI is InChI=1S/C28H31N7O6.C2HF3O2/c1-17(2)41-25(36)16-34-15-21-14-33(12-11-23(21)32-34)28(38)24(13-18-3-9-22(10-4-18)35(39)40)31-27(37)20-7-5-19(6-8-20)26(29)30;3-2(4,5)1(6)7/h3-10,15,17,24H,11-14,16H2,1-2H3,(H3,29,30)(H,31,37);(H,6,7)/t24-;/m0./s1. The number of esters is 1. The number of nitrogens with two attached hydrogens (primary N) is 1. The normalized spacial score (nSPS) is 13.0. The molecule has 1 aliphatic rings. The number of fused-ring (bicyclic) bond motifs is 1. The van der Waals surface area contributed by atoms with E-state index in [1.54, 1.807) is 49.2 Å². The molecule has 1 aliphatic heterocycles. The minimum Gasteiger partial charge on any atom is -0.475 e. The molecule has 48 heavy (non-hydrogen) atoms. The number of nitrogen functional groups attached to an aromatic ring is 1. The molecule has 0 aliphatic carbocycles. The number of benzene rings is 2. The van der Waals surface area contributed by atoms with Gasteiger partial charge in [-0.15, -0.1) is 0 Å². The summed E-state index contributed by atoms with van der Waals surface area (Å²) in [4.78, 5) is 60.0. The van der Waals surface area contributed by atoms with Gasteiger partial charge in [-0.3, -0.25) is 34.6 Å². The first-order chi connectivity index (χ1) is 22.4. The van der Waals surface area contributed by atoms with Gasteiger partial charge in [0, 0.05) is 61.0 Å². The number of halogens is 3. The van der Waals surface area contributed by atoms with E-state index in [9.17, 15) is 37.7 Å². The van der Waals surface area contributed by atoms with E-state index in [1.807, 2.05) is 0 Å².